The van der Waals surface area contributed by atoms with Gasteiger partial charge in [0.2, 0.25) is 5.91 Å². The van der Waals surface area contributed by atoms with Gasteiger partial charge >= 0.3 is 0 Å². The number of hydrogen-bond acceptors (Lipinski definition) is 3. The average Bonchev–Trinajstić information content (AvgIpc) is 3.19. The molecular formula is C23H16BrClN2O2. The summed E-state index contributed by atoms with van der Waals surface area (Å²) in [6, 6.07) is 22.9. The predicted octanol–water partition coefficient (Wildman–Crippen LogP) is 6.21. The summed E-state index contributed by atoms with van der Waals surface area (Å²) in [5.41, 5.74) is 4.38. The van der Waals surface area contributed by atoms with Gasteiger partial charge < -0.3 is 4.42 Å². The molecule has 0 aliphatic carbocycles. The van der Waals surface area contributed by atoms with E-state index in [1.807, 2.05) is 60.7 Å². The zero-order chi connectivity index (χ0) is 20.2. The summed E-state index contributed by atoms with van der Waals surface area (Å²) in [6.45, 7) is 0. The number of nitrogens with one attached hydrogen (secondary N) is 1. The number of rotatable bonds is 5. The van der Waals surface area contributed by atoms with Crippen molar-refractivity contribution < 1.29 is 9.21 Å². The van der Waals surface area contributed by atoms with E-state index in [0.29, 0.717) is 16.5 Å². The van der Waals surface area contributed by atoms with Crippen molar-refractivity contribution in [1.82, 2.24) is 5.43 Å². The van der Waals surface area contributed by atoms with E-state index in [1.165, 1.54) is 6.21 Å². The molecule has 0 atom stereocenters. The molecule has 4 nitrogen and oxygen atoms in total. The second-order valence-electron chi connectivity index (χ2n) is 6.43. The van der Waals surface area contributed by atoms with Crippen molar-refractivity contribution >= 4 is 50.4 Å². The maximum Gasteiger partial charge on any atom is 0.244 e. The highest BCUT2D eigenvalue weighted by atomic mass is 79.9. The molecule has 1 heterocycles. The molecule has 0 bridgehead atoms. The molecule has 0 saturated heterocycles. The third-order valence-electron chi connectivity index (χ3n) is 4.43. The zero-order valence-electron chi connectivity index (χ0n) is 15.2. The summed E-state index contributed by atoms with van der Waals surface area (Å²) in [7, 11) is 0. The molecule has 0 saturated carbocycles. The number of carbonyl (C=O) groups excluding carboxylic acids is 1. The largest absolute Gasteiger partial charge is 0.455 e. The van der Waals surface area contributed by atoms with Crippen LogP contribution in [-0.2, 0) is 11.2 Å². The van der Waals surface area contributed by atoms with Crippen molar-refractivity contribution in [3.8, 4) is 11.3 Å². The minimum Gasteiger partial charge on any atom is -0.455 e. The second-order valence-corrected chi connectivity index (χ2v) is 7.73. The fraction of sp³-hybridized carbons (Fsp3) is 0.0435. The van der Waals surface area contributed by atoms with Crippen LogP contribution in [0.4, 0.5) is 0 Å². The summed E-state index contributed by atoms with van der Waals surface area (Å²) in [5, 5.41) is 6.76. The number of benzene rings is 3. The molecule has 0 aliphatic heterocycles. The second kappa shape index (κ2) is 8.64. The lowest BCUT2D eigenvalue weighted by molar-refractivity contribution is -0.120. The van der Waals surface area contributed by atoms with Crippen molar-refractivity contribution in [2.45, 2.75) is 6.42 Å². The van der Waals surface area contributed by atoms with Crippen molar-refractivity contribution in [3.05, 3.63) is 93.6 Å². The fourth-order valence-corrected chi connectivity index (χ4v) is 3.75. The number of fused-ring (bicyclic) bond motifs is 1. The number of halogens is 2. The van der Waals surface area contributed by atoms with E-state index >= 15 is 0 Å². The molecule has 1 aromatic heterocycles. The van der Waals surface area contributed by atoms with Gasteiger partial charge in [-0.2, -0.15) is 5.10 Å². The van der Waals surface area contributed by atoms with E-state index in [0.717, 1.165) is 26.4 Å². The average molecular weight is 468 g/mol. The minimum absolute atomic E-state index is 0.199. The molecule has 3 aromatic carbocycles. The SMILES string of the molecule is O=C(Cc1ccc(Br)c2ccccc12)N/N=C/c1ccc(-c2cccc(Cl)c2)o1. The van der Waals surface area contributed by atoms with Crippen LogP contribution in [0.25, 0.3) is 22.1 Å². The standard InChI is InChI=1S/C23H16BrClN2O2/c24-21-10-8-15(19-6-1-2-7-20(19)21)13-23(28)27-26-14-18-9-11-22(29-18)16-4-3-5-17(25)12-16/h1-12,14H,13H2,(H,27,28)/b26-14+. The van der Waals surface area contributed by atoms with Gasteiger partial charge in [0.05, 0.1) is 12.6 Å². The topological polar surface area (TPSA) is 54.6 Å². The van der Waals surface area contributed by atoms with E-state index in [4.69, 9.17) is 16.0 Å². The Kier molecular flexibility index (Phi) is 5.79. The number of carbonyl (C=O) groups is 1. The van der Waals surface area contributed by atoms with Crippen LogP contribution in [0.5, 0.6) is 0 Å². The summed E-state index contributed by atoms with van der Waals surface area (Å²) >= 11 is 9.56. The van der Waals surface area contributed by atoms with Crippen molar-refractivity contribution in [1.29, 1.82) is 0 Å². The summed E-state index contributed by atoms with van der Waals surface area (Å²) in [6.07, 6.45) is 1.71. The minimum atomic E-state index is -0.199. The first-order valence-corrected chi connectivity index (χ1v) is 10.1. The Morgan fingerprint density at radius 3 is 2.69 bits per heavy atom. The summed E-state index contributed by atoms with van der Waals surface area (Å²) < 4.78 is 6.73. The molecule has 0 radical (unpaired) electrons. The maximum absolute atomic E-state index is 12.3. The third kappa shape index (κ3) is 4.58. The molecule has 0 fully saturated rings. The maximum atomic E-state index is 12.3. The highest BCUT2D eigenvalue weighted by Gasteiger charge is 2.08. The molecule has 144 valence electrons. The lowest BCUT2D eigenvalue weighted by atomic mass is 10.0. The summed E-state index contributed by atoms with van der Waals surface area (Å²) in [5.74, 6) is 1.02. The Hall–Kier alpha value is -2.89. The molecule has 0 aliphatic rings. The van der Waals surface area contributed by atoms with Gasteiger partial charge in [-0.05, 0) is 46.7 Å². The molecule has 0 spiro atoms. The number of furan rings is 1. The molecule has 1 amide bonds. The lowest BCUT2D eigenvalue weighted by Gasteiger charge is -2.07. The smallest absolute Gasteiger partial charge is 0.244 e. The molecule has 6 heteroatoms. The quantitative estimate of drug-likeness (QED) is 0.280. The van der Waals surface area contributed by atoms with Gasteiger partial charge in [-0.1, -0.05) is 70.0 Å². The first-order valence-electron chi connectivity index (χ1n) is 8.94. The van der Waals surface area contributed by atoms with Crippen LogP contribution in [0.3, 0.4) is 0 Å². The van der Waals surface area contributed by atoms with Crippen LogP contribution in [0.2, 0.25) is 5.02 Å². The molecule has 4 rings (SSSR count). The predicted molar refractivity (Wildman–Crippen MR) is 120 cm³/mol. The van der Waals surface area contributed by atoms with E-state index in [9.17, 15) is 4.79 Å². The molecular weight excluding hydrogens is 452 g/mol. The fourth-order valence-electron chi connectivity index (χ4n) is 3.08. The van der Waals surface area contributed by atoms with E-state index in [2.05, 4.69) is 26.5 Å². The number of amides is 1. The van der Waals surface area contributed by atoms with Gasteiger partial charge in [0.15, 0.2) is 0 Å². The Morgan fingerprint density at radius 2 is 1.86 bits per heavy atom. The lowest BCUT2D eigenvalue weighted by Crippen LogP contribution is -2.19. The van der Waals surface area contributed by atoms with Crippen molar-refractivity contribution in [3.63, 3.8) is 0 Å². The van der Waals surface area contributed by atoms with E-state index in [-0.39, 0.29) is 12.3 Å². The van der Waals surface area contributed by atoms with Crippen LogP contribution in [-0.4, -0.2) is 12.1 Å². The van der Waals surface area contributed by atoms with Crippen LogP contribution in [0, 0.1) is 0 Å². The Morgan fingerprint density at radius 1 is 1.03 bits per heavy atom. The monoisotopic (exact) mass is 466 g/mol. The van der Waals surface area contributed by atoms with Crippen LogP contribution in [0.15, 0.2) is 86.8 Å². The Balaban J connectivity index is 1.42. The Labute approximate surface area is 181 Å². The van der Waals surface area contributed by atoms with Crippen molar-refractivity contribution in [2.75, 3.05) is 0 Å². The number of nitrogens with zero attached hydrogens (tertiary/aromatic N) is 1. The van der Waals surface area contributed by atoms with Crippen LogP contribution < -0.4 is 5.43 Å². The summed E-state index contributed by atoms with van der Waals surface area (Å²) in [4.78, 5) is 12.3. The molecule has 1 N–H and O–H groups in total. The third-order valence-corrected chi connectivity index (χ3v) is 5.36. The number of hydrazone groups is 1. The van der Waals surface area contributed by atoms with Gasteiger partial charge in [0.1, 0.15) is 11.5 Å². The normalized spacial score (nSPS) is 11.2. The first-order chi connectivity index (χ1) is 14.1. The van der Waals surface area contributed by atoms with Crippen LogP contribution >= 0.6 is 27.5 Å². The van der Waals surface area contributed by atoms with Crippen LogP contribution in [0.1, 0.15) is 11.3 Å². The highest BCUT2D eigenvalue weighted by molar-refractivity contribution is 9.10. The molecule has 0 unspecified atom stereocenters. The Bertz CT molecular complexity index is 1220. The molecule has 4 aromatic rings. The van der Waals surface area contributed by atoms with E-state index in [1.54, 1.807) is 12.1 Å². The van der Waals surface area contributed by atoms with Gasteiger partial charge in [-0.3, -0.25) is 4.79 Å². The first kappa shape index (κ1) is 19.4. The van der Waals surface area contributed by atoms with Gasteiger partial charge in [-0.25, -0.2) is 5.43 Å². The van der Waals surface area contributed by atoms with Crippen molar-refractivity contribution in [2.24, 2.45) is 5.10 Å². The highest BCUT2D eigenvalue weighted by Crippen LogP contribution is 2.27. The van der Waals surface area contributed by atoms with Gasteiger partial charge in [-0.15, -0.1) is 0 Å². The van der Waals surface area contributed by atoms with E-state index < -0.39 is 0 Å². The molecule has 29 heavy (non-hydrogen) atoms. The zero-order valence-corrected chi connectivity index (χ0v) is 17.6. The van der Waals surface area contributed by atoms with Gasteiger partial charge in [0.25, 0.3) is 0 Å². The number of hydrogen-bond donors (Lipinski definition) is 1. The van der Waals surface area contributed by atoms with Gasteiger partial charge in [0, 0.05) is 15.1 Å².